The van der Waals surface area contributed by atoms with E-state index in [9.17, 15) is 19.2 Å². The number of ether oxygens (including phenoxy) is 1. The summed E-state index contributed by atoms with van der Waals surface area (Å²) in [6, 6.07) is 28.2. The molecule has 39 heavy (non-hydrogen) atoms. The van der Waals surface area contributed by atoms with Gasteiger partial charge in [0.05, 0.1) is 12.2 Å². The van der Waals surface area contributed by atoms with E-state index in [2.05, 4.69) is 10.6 Å². The second-order valence-electron chi connectivity index (χ2n) is 8.79. The molecule has 1 aromatic heterocycles. The lowest BCUT2D eigenvalue weighted by Crippen LogP contribution is -2.45. The quantitative estimate of drug-likeness (QED) is 0.242. The van der Waals surface area contributed by atoms with Gasteiger partial charge >= 0.3 is 12.0 Å². The second-order valence-corrected chi connectivity index (χ2v) is 9.84. The minimum absolute atomic E-state index is 0.173. The van der Waals surface area contributed by atoms with Gasteiger partial charge in [0.2, 0.25) is 5.91 Å². The molecule has 0 unspecified atom stereocenters. The first kappa shape index (κ1) is 25.9. The van der Waals surface area contributed by atoms with Crippen molar-refractivity contribution < 1.29 is 23.9 Å². The fourth-order valence-corrected chi connectivity index (χ4v) is 5.62. The molecule has 0 spiro atoms. The van der Waals surface area contributed by atoms with Crippen LogP contribution in [0.15, 0.2) is 97.1 Å². The van der Waals surface area contributed by atoms with Crippen molar-refractivity contribution in [3.05, 3.63) is 114 Å². The average Bonchev–Trinajstić information content (AvgIpc) is 3.49. The molecular weight excluding hydrogens is 514 g/mol. The van der Waals surface area contributed by atoms with Gasteiger partial charge in [0.1, 0.15) is 11.5 Å². The van der Waals surface area contributed by atoms with Crippen LogP contribution >= 0.6 is 11.3 Å². The largest absolute Gasteiger partial charge is 0.462 e. The summed E-state index contributed by atoms with van der Waals surface area (Å²) in [7, 11) is 0. The van der Waals surface area contributed by atoms with Crippen molar-refractivity contribution in [2.75, 3.05) is 18.5 Å². The molecule has 0 radical (unpaired) electrons. The molecular formula is C30H25N3O5S. The van der Waals surface area contributed by atoms with Crippen molar-refractivity contribution in [2.24, 2.45) is 0 Å². The number of urea groups is 1. The number of nitrogens with one attached hydrogen (secondary N) is 2. The zero-order valence-corrected chi connectivity index (χ0v) is 21.9. The van der Waals surface area contributed by atoms with E-state index in [-0.39, 0.29) is 17.2 Å². The normalized spacial score (nSPS) is 14.1. The summed E-state index contributed by atoms with van der Waals surface area (Å²) >= 11 is 1.21. The standard InChI is InChI=1S/C30H25N3O5S/c1-2-38-27(35)23-18-24(20-12-6-3-7-13-20)39-26(23)31-25(34)19-33-28(36)30(32-29(33)37,21-14-8-4-9-15-21)22-16-10-5-11-17-22/h3-18H,2,19H2,1H3,(H,31,34)(H,32,37). The highest BCUT2D eigenvalue weighted by atomic mass is 32.1. The van der Waals surface area contributed by atoms with Crippen LogP contribution < -0.4 is 10.6 Å². The molecule has 5 rings (SSSR count). The second kappa shape index (κ2) is 10.9. The Hall–Kier alpha value is -4.76. The van der Waals surface area contributed by atoms with Crippen LogP contribution in [0, 0.1) is 0 Å². The van der Waals surface area contributed by atoms with Gasteiger partial charge in [-0.2, -0.15) is 0 Å². The molecule has 2 N–H and O–H groups in total. The SMILES string of the molecule is CCOC(=O)c1cc(-c2ccccc2)sc1NC(=O)CN1C(=O)NC(c2ccccc2)(c2ccccc2)C1=O. The number of nitrogens with zero attached hydrogens (tertiary/aromatic N) is 1. The van der Waals surface area contributed by atoms with Crippen LogP contribution in [0.5, 0.6) is 0 Å². The molecule has 0 bridgehead atoms. The number of carbonyl (C=O) groups excluding carboxylic acids is 4. The van der Waals surface area contributed by atoms with E-state index in [0.717, 1.165) is 15.3 Å². The Labute approximate surface area is 229 Å². The molecule has 0 saturated carbocycles. The zero-order chi connectivity index (χ0) is 27.4. The van der Waals surface area contributed by atoms with Crippen LogP contribution in [0.1, 0.15) is 28.4 Å². The van der Waals surface area contributed by atoms with Gasteiger partial charge in [-0.05, 0) is 29.7 Å². The summed E-state index contributed by atoms with van der Waals surface area (Å²) in [6.07, 6.45) is 0. The van der Waals surface area contributed by atoms with Gasteiger partial charge in [0.25, 0.3) is 5.91 Å². The molecule has 4 amide bonds. The van der Waals surface area contributed by atoms with E-state index >= 15 is 0 Å². The van der Waals surface area contributed by atoms with Crippen molar-refractivity contribution in [3.8, 4) is 10.4 Å². The van der Waals surface area contributed by atoms with E-state index in [1.54, 1.807) is 61.5 Å². The van der Waals surface area contributed by atoms with E-state index < -0.39 is 35.9 Å². The third kappa shape index (κ3) is 4.92. The Kier molecular flexibility index (Phi) is 7.25. The van der Waals surface area contributed by atoms with Crippen molar-refractivity contribution in [1.82, 2.24) is 10.2 Å². The highest BCUT2D eigenvalue weighted by molar-refractivity contribution is 7.20. The first-order chi connectivity index (χ1) is 18.9. The maximum Gasteiger partial charge on any atom is 0.341 e. The smallest absolute Gasteiger partial charge is 0.341 e. The predicted octanol–water partition coefficient (Wildman–Crippen LogP) is 5.03. The van der Waals surface area contributed by atoms with Crippen molar-refractivity contribution in [3.63, 3.8) is 0 Å². The molecule has 1 fully saturated rings. The maximum absolute atomic E-state index is 13.9. The highest BCUT2D eigenvalue weighted by Crippen LogP contribution is 2.37. The van der Waals surface area contributed by atoms with Crippen LogP contribution in [0.3, 0.4) is 0 Å². The molecule has 3 aromatic carbocycles. The van der Waals surface area contributed by atoms with Gasteiger partial charge in [0, 0.05) is 4.88 Å². The summed E-state index contributed by atoms with van der Waals surface area (Å²) in [5, 5.41) is 5.83. The average molecular weight is 540 g/mol. The Morgan fingerprint density at radius 2 is 1.46 bits per heavy atom. The number of hydrogen-bond acceptors (Lipinski definition) is 6. The lowest BCUT2D eigenvalue weighted by molar-refractivity contribution is -0.133. The lowest BCUT2D eigenvalue weighted by atomic mass is 9.82. The summed E-state index contributed by atoms with van der Waals surface area (Å²) < 4.78 is 5.18. The molecule has 4 aromatic rings. The van der Waals surface area contributed by atoms with E-state index in [1.807, 2.05) is 42.5 Å². The lowest BCUT2D eigenvalue weighted by Gasteiger charge is -2.27. The van der Waals surface area contributed by atoms with Crippen molar-refractivity contribution >= 4 is 40.2 Å². The zero-order valence-electron chi connectivity index (χ0n) is 21.0. The molecule has 196 valence electrons. The number of esters is 1. The number of hydrogen-bond donors (Lipinski definition) is 2. The summed E-state index contributed by atoms with van der Waals surface area (Å²) in [5.41, 5.74) is 0.757. The third-order valence-corrected chi connectivity index (χ3v) is 7.46. The van der Waals surface area contributed by atoms with Crippen molar-refractivity contribution in [2.45, 2.75) is 12.5 Å². The van der Waals surface area contributed by atoms with E-state index in [1.165, 1.54) is 11.3 Å². The molecule has 0 aliphatic carbocycles. The summed E-state index contributed by atoms with van der Waals surface area (Å²) in [6.45, 7) is 1.34. The maximum atomic E-state index is 13.9. The Bertz CT molecular complexity index is 1480. The van der Waals surface area contributed by atoms with Gasteiger partial charge in [0.15, 0.2) is 5.54 Å². The number of anilines is 1. The van der Waals surface area contributed by atoms with E-state index in [4.69, 9.17) is 4.74 Å². The number of carbonyl (C=O) groups is 4. The minimum atomic E-state index is -1.47. The Morgan fingerprint density at radius 1 is 0.897 bits per heavy atom. The topological polar surface area (TPSA) is 105 Å². The molecule has 1 aliphatic rings. The molecule has 1 saturated heterocycles. The van der Waals surface area contributed by atoms with Gasteiger partial charge < -0.3 is 15.4 Å². The number of thiophene rings is 1. The van der Waals surface area contributed by atoms with Crippen LogP contribution in [0.25, 0.3) is 10.4 Å². The first-order valence-electron chi connectivity index (χ1n) is 12.4. The van der Waals surface area contributed by atoms with Crippen LogP contribution in [-0.2, 0) is 19.9 Å². The molecule has 8 nitrogen and oxygen atoms in total. The fourth-order valence-electron chi connectivity index (χ4n) is 4.55. The number of rotatable bonds is 8. The summed E-state index contributed by atoms with van der Waals surface area (Å²) in [5.74, 6) is -1.77. The minimum Gasteiger partial charge on any atom is -0.462 e. The number of benzene rings is 3. The molecule has 0 atom stereocenters. The summed E-state index contributed by atoms with van der Waals surface area (Å²) in [4.78, 5) is 54.5. The van der Waals surface area contributed by atoms with Gasteiger partial charge in [-0.25, -0.2) is 9.59 Å². The predicted molar refractivity (Wildman–Crippen MR) is 148 cm³/mol. The molecule has 9 heteroatoms. The fraction of sp³-hybridized carbons (Fsp3) is 0.133. The highest BCUT2D eigenvalue weighted by Gasteiger charge is 2.54. The Morgan fingerprint density at radius 3 is 2.03 bits per heavy atom. The van der Waals surface area contributed by atoms with Gasteiger partial charge in [-0.1, -0.05) is 91.0 Å². The van der Waals surface area contributed by atoms with Gasteiger partial charge in [-0.15, -0.1) is 11.3 Å². The van der Waals surface area contributed by atoms with Gasteiger partial charge in [-0.3, -0.25) is 14.5 Å². The first-order valence-corrected chi connectivity index (χ1v) is 13.2. The third-order valence-electron chi connectivity index (χ3n) is 6.36. The van der Waals surface area contributed by atoms with Crippen LogP contribution in [0.4, 0.5) is 9.80 Å². The Balaban J connectivity index is 1.43. The monoisotopic (exact) mass is 539 g/mol. The molecule has 2 heterocycles. The number of imide groups is 1. The van der Waals surface area contributed by atoms with Crippen molar-refractivity contribution in [1.29, 1.82) is 0 Å². The van der Waals surface area contributed by atoms with Crippen LogP contribution in [0.2, 0.25) is 0 Å². The molecule has 1 aliphatic heterocycles. The van der Waals surface area contributed by atoms with E-state index in [0.29, 0.717) is 11.1 Å². The van der Waals surface area contributed by atoms with Crippen LogP contribution in [-0.4, -0.2) is 41.9 Å². The number of amides is 4.